The van der Waals surface area contributed by atoms with Gasteiger partial charge in [-0.05, 0) is 62.2 Å². The van der Waals surface area contributed by atoms with Gasteiger partial charge in [0.2, 0.25) is 0 Å². The van der Waals surface area contributed by atoms with Gasteiger partial charge < -0.3 is 11.1 Å². The molecule has 0 amide bonds. The van der Waals surface area contributed by atoms with Crippen molar-refractivity contribution in [3.05, 3.63) is 63.7 Å². The zero-order chi connectivity index (χ0) is 21.5. The van der Waals surface area contributed by atoms with Crippen LogP contribution in [0.25, 0.3) is 10.4 Å². The van der Waals surface area contributed by atoms with Gasteiger partial charge in [-0.25, -0.2) is 24.3 Å². The van der Waals surface area contributed by atoms with Crippen LogP contribution in [-0.2, 0) is 12.8 Å². The molecule has 31 heavy (non-hydrogen) atoms. The second kappa shape index (κ2) is 7.88. The molecule has 0 unspecified atom stereocenters. The number of rotatable bonds is 3. The van der Waals surface area contributed by atoms with E-state index in [1.807, 2.05) is 6.07 Å². The van der Waals surface area contributed by atoms with Gasteiger partial charge in [-0.3, -0.25) is 0 Å². The number of amidine groups is 1. The number of thiophene rings is 1. The highest BCUT2D eigenvalue weighted by Crippen LogP contribution is 2.34. The molecule has 5 rings (SSSR count). The quantitative estimate of drug-likeness (QED) is 0.500. The number of anilines is 2. The number of hydrogen-bond donors (Lipinski definition) is 4. The zero-order valence-corrected chi connectivity index (χ0v) is 17.6. The summed E-state index contributed by atoms with van der Waals surface area (Å²) in [7, 11) is 0. The largest absolute Gasteiger partial charge is 0.383 e. The molecular formula is C21H21F2N7S. The maximum absolute atomic E-state index is 14.6. The SMILES string of the molecule is Cc1ccc(N2NNN=C2c2cc(-c3cc4c(s3)CCNCC4)cnc2N)c(F)c1F. The Hall–Kier alpha value is -3.08. The van der Waals surface area contributed by atoms with Crippen molar-refractivity contribution in [1.82, 2.24) is 21.4 Å². The number of nitrogen functional groups attached to an aromatic ring is 1. The fraction of sp³-hybridized carbons (Fsp3) is 0.238. The molecular weight excluding hydrogens is 420 g/mol. The number of nitrogens with one attached hydrogen (secondary N) is 3. The van der Waals surface area contributed by atoms with Crippen molar-refractivity contribution in [1.29, 1.82) is 0 Å². The first-order chi connectivity index (χ1) is 15.0. The van der Waals surface area contributed by atoms with Crippen molar-refractivity contribution in [3.8, 4) is 10.4 Å². The van der Waals surface area contributed by atoms with Crippen LogP contribution in [-0.4, -0.2) is 23.9 Å². The second-order valence-corrected chi connectivity index (χ2v) is 8.63. The summed E-state index contributed by atoms with van der Waals surface area (Å²) >= 11 is 1.75. The summed E-state index contributed by atoms with van der Waals surface area (Å²) in [5, 5.41) is 8.93. The molecule has 10 heteroatoms. The Morgan fingerprint density at radius 2 is 1.97 bits per heavy atom. The number of pyridine rings is 1. The molecule has 5 N–H and O–H groups in total. The van der Waals surface area contributed by atoms with Crippen LogP contribution in [0, 0.1) is 18.6 Å². The topological polar surface area (TPSA) is 90.6 Å². The van der Waals surface area contributed by atoms with Gasteiger partial charge in [0.1, 0.15) is 11.5 Å². The summed E-state index contributed by atoms with van der Waals surface area (Å²) in [6.07, 6.45) is 3.73. The lowest BCUT2D eigenvalue weighted by atomic mass is 10.1. The molecule has 0 fully saturated rings. The highest BCUT2D eigenvalue weighted by atomic mass is 32.1. The fourth-order valence-corrected chi connectivity index (χ4v) is 4.96. The van der Waals surface area contributed by atoms with Crippen molar-refractivity contribution in [3.63, 3.8) is 0 Å². The van der Waals surface area contributed by atoms with Gasteiger partial charge in [0.25, 0.3) is 0 Å². The van der Waals surface area contributed by atoms with Gasteiger partial charge in [-0.15, -0.1) is 22.0 Å². The molecule has 7 nitrogen and oxygen atoms in total. The molecule has 0 bridgehead atoms. The summed E-state index contributed by atoms with van der Waals surface area (Å²) < 4.78 is 28.8. The van der Waals surface area contributed by atoms with Gasteiger partial charge in [0, 0.05) is 21.5 Å². The lowest BCUT2D eigenvalue weighted by molar-refractivity contribution is 0.498. The van der Waals surface area contributed by atoms with E-state index in [1.165, 1.54) is 34.5 Å². The van der Waals surface area contributed by atoms with Gasteiger partial charge in [-0.2, -0.15) is 0 Å². The van der Waals surface area contributed by atoms with E-state index in [0.717, 1.165) is 36.4 Å². The van der Waals surface area contributed by atoms with Gasteiger partial charge in [0.15, 0.2) is 17.5 Å². The van der Waals surface area contributed by atoms with Crippen molar-refractivity contribution >= 4 is 28.7 Å². The summed E-state index contributed by atoms with van der Waals surface area (Å²) in [4.78, 5) is 6.82. The van der Waals surface area contributed by atoms with Gasteiger partial charge in [-0.1, -0.05) is 6.07 Å². The first-order valence-electron chi connectivity index (χ1n) is 9.94. The lowest BCUT2D eigenvalue weighted by Gasteiger charge is -2.21. The summed E-state index contributed by atoms with van der Waals surface area (Å²) in [6.45, 7) is 3.45. The van der Waals surface area contributed by atoms with E-state index in [0.29, 0.717) is 11.4 Å². The number of hydrazone groups is 1. The number of aromatic nitrogens is 1. The van der Waals surface area contributed by atoms with Crippen molar-refractivity contribution < 1.29 is 8.78 Å². The number of nitrogens with zero attached hydrogens (tertiary/aromatic N) is 3. The van der Waals surface area contributed by atoms with E-state index < -0.39 is 11.6 Å². The molecule has 2 aliphatic rings. The van der Waals surface area contributed by atoms with Crippen LogP contribution < -0.4 is 27.1 Å². The first kappa shape index (κ1) is 19.9. The van der Waals surface area contributed by atoms with E-state index in [4.69, 9.17) is 5.73 Å². The van der Waals surface area contributed by atoms with Crippen molar-refractivity contribution in [2.24, 2.45) is 5.10 Å². The third-order valence-corrected chi connectivity index (χ3v) is 6.76. The number of hydrogen-bond acceptors (Lipinski definition) is 8. The molecule has 0 saturated heterocycles. The van der Waals surface area contributed by atoms with E-state index >= 15 is 0 Å². The maximum Gasteiger partial charge on any atom is 0.184 e. The Kier molecular flexibility index (Phi) is 5.05. The van der Waals surface area contributed by atoms with Crippen LogP contribution in [0.5, 0.6) is 0 Å². The van der Waals surface area contributed by atoms with Crippen LogP contribution in [0.3, 0.4) is 0 Å². The second-order valence-electron chi connectivity index (χ2n) is 7.49. The first-order valence-corrected chi connectivity index (χ1v) is 10.8. The van der Waals surface area contributed by atoms with E-state index in [-0.39, 0.29) is 17.1 Å². The molecule has 2 aromatic heterocycles. The van der Waals surface area contributed by atoms with Crippen molar-refractivity contribution in [2.75, 3.05) is 23.8 Å². The lowest BCUT2D eigenvalue weighted by Crippen LogP contribution is -2.42. The average Bonchev–Trinajstić information content (AvgIpc) is 3.35. The Morgan fingerprint density at radius 3 is 2.84 bits per heavy atom. The number of fused-ring (bicyclic) bond motifs is 1. The summed E-state index contributed by atoms with van der Waals surface area (Å²) in [5.41, 5.74) is 14.5. The highest BCUT2D eigenvalue weighted by molar-refractivity contribution is 7.15. The predicted octanol–water partition coefficient (Wildman–Crippen LogP) is 2.86. The number of benzene rings is 1. The number of aryl methyl sites for hydroxylation is 1. The highest BCUT2D eigenvalue weighted by Gasteiger charge is 2.27. The monoisotopic (exact) mass is 441 g/mol. The minimum atomic E-state index is -0.970. The molecule has 160 valence electrons. The van der Waals surface area contributed by atoms with E-state index in [1.54, 1.807) is 17.5 Å². The molecule has 0 aliphatic carbocycles. The number of hydrazine groups is 2. The number of halogens is 2. The Balaban J connectivity index is 1.53. The minimum absolute atomic E-state index is 0.00742. The summed E-state index contributed by atoms with van der Waals surface area (Å²) in [6, 6.07) is 7.08. The Labute approximate surface area is 181 Å². The Bertz CT molecular complexity index is 1170. The molecule has 0 atom stereocenters. The van der Waals surface area contributed by atoms with E-state index in [2.05, 4.69) is 32.5 Å². The predicted molar refractivity (Wildman–Crippen MR) is 119 cm³/mol. The van der Waals surface area contributed by atoms with Crippen LogP contribution in [0.2, 0.25) is 0 Å². The molecule has 0 spiro atoms. The Morgan fingerprint density at radius 1 is 1.13 bits per heavy atom. The average molecular weight is 442 g/mol. The smallest absolute Gasteiger partial charge is 0.184 e. The number of nitrogens with two attached hydrogens (primary N) is 1. The van der Waals surface area contributed by atoms with E-state index in [9.17, 15) is 8.78 Å². The molecule has 2 aliphatic heterocycles. The van der Waals surface area contributed by atoms with Crippen LogP contribution >= 0.6 is 11.3 Å². The molecule has 0 saturated carbocycles. The normalized spacial score (nSPS) is 16.0. The van der Waals surface area contributed by atoms with Crippen LogP contribution in [0.15, 0.2) is 35.6 Å². The molecule has 1 aromatic carbocycles. The van der Waals surface area contributed by atoms with Crippen LogP contribution in [0.1, 0.15) is 21.6 Å². The summed E-state index contributed by atoms with van der Waals surface area (Å²) in [5.74, 6) is -1.33. The fourth-order valence-electron chi connectivity index (χ4n) is 3.77. The van der Waals surface area contributed by atoms with Gasteiger partial charge in [0.05, 0.1) is 5.56 Å². The third kappa shape index (κ3) is 3.52. The van der Waals surface area contributed by atoms with Gasteiger partial charge >= 0.3 is 0 Å². The third-order valence-electron chi connectivity index (χ3n) is 5.47. The molecule has 4 heterocycles. The van der Waals surface area contributed by atoms with Crippen molar-refractivity contribution in [2.45, 2.75) is 19.8 Å². The minimum Gasteiger partial charge on any atom is -0.383 e. The maximum atomic E-state index is 14.6. The molecule has 0 radical (unpaired) electrons. The van der Waals surface area contributed by atoms with Crippen LogP contribution in [0.4, 0.5) is 20.3 Å². The standard InChI is InChI=1S/C21H21F2N7S/c1-11-2-3-15(19(23)18(11)22)30-21(27-28-29-30)14-8-13(10-26-20(14)24)17-9-12-4-6-25-7-5-16(12)31-17/h2-3,8-10,25,28-29H,4-7H2,1H3,(H2,24,26). The zero-order valence-electron chi connectivity index (χ0n) is 16.8. The molecule has 3 aromatic rings.